The van der Waals surface area contributed by atoms with Gasteiger partial charge in [-0.05, 0) is 43.2 Å². The standard InChI is InChI=1S/C22H19N3O5/c26-19-17(23-14-7-2-1-3-8-14)18(20(19)27)24-15-9-4-6-13(12-15)21(28)25-11-5-10-16(25)22(29)30/h1-4,6-9,12,16,23-24H,5,10-11H2,(H,29,30)/t16-/m0/s1. The molecule has 0 aromatic heterocycles. The minimum atomic E-state index is -1.02. The summed E-state index contributed by atoms with van der Waals surface area (Å²) in [5, 5.41) is 15.2. The van der Waals surface area contributed by atoms with Crippen LogP contribution < -0.4 is 21.5 Å². The molecular weight excluding hydrogens is 386 g/mol. The van der Waals surface area contributed by atoms with Crippen molar-refractivity contribution in [3.63, 3.8) is 0 Å². The van der Waals surface area contributed by atoms with Gasteiger partial charge in [0.2, 0.25) is 0 Å². The summed E-state index contributed by atoms with van der Waals surface area (Å²) in [5.41, 5.74) is 0.460. The van der Waals surface area contributed by atoms with E-state index in [1.807, 2.05) is 6.07 Å². The van der Waals surface area contributed by atoms with Crippen molar-refractivity contribution >= 4 is 34.6 Å². The van der Waals surface area contributed by atoms with Crippen LogP contribution in [-0.2, 0) is 4.79 Å². The zero-order valence-corrected chi connectivity index (χ0v) is 15.9. The molecule has 1 aliphatic heterocycles. The van der Waals surface area contributed by atoms with E-state index in [2.05, 4.69) is 10.6 Å². The molecule has 4 rings (SSSR count). The van der Waals surface area contributed by atoms with Gasteiger partial charge in [0.25, 0.3) is 16.8 Å². The highest BCUT2D eigenvalue weighted by Gasteiger charge is 2.34. The third-order valence-electron chi connectivity index (χ3n) is 5.13. The maximum Gasteiger partial charge on any atom is 0.326 e. The maximum absolute atomic E-state index is 12.8. The van der Waals surface area contributed by atoms with Crippen LogP contribution in [0.2, 0.25) is 0 Å². The first-order valence-corrected chi connectivity index (χ1v) is 9.52. The minimum Gasteiger partial charge on any atom is -0.480 e. The molecule has 0 spiro atoms. The number of para-hydroxylation sites is 1. The predicted octanol–water partition coefficient (Wildman–Crippen LogP) is 2.46. The number of hydrogen-bond acceptors (Lipinski definition) is 6. The molecule has 3 aromatic carbocycles. The Bertz CT molecular complexity index is 1180. The summed E-state index contributed by atoms with van der Waals surface area (Å²) >= 11 is 0. The minimum absolute atomic E-state index is 0.123. The molecule has 1 saturated heterocycles. The molecule has 0 radical (unpaired) electrons. The lowest BCUT2D eigenvalue weighted by atomic mass is 10.1. The zero-order valence-electron chi connectivity index (χ0n) is 15.9. The largest absolute Gasteiger partial charge is 0.480 e. The van der Waals surface area contributed by atoms with Crippen LogP contribution in [0.5, 0.6) is 0 Å². The van der Waals surface area contributed by atoms with Crippen LogP contribution in [0.15, 0.2) is 64.2 Å². The fourth-order valence-electron chi connectivity index (χ4n) is 3.60. The Morgan fingerprint density at radius 2 is 1.53 bits per heavy atom. The first-order valence-electron chi connectivity index (χ1n) is 9.52. The molecule has 30 heavy (non-hydrogen) atoms. The number of carboxylic acids is 1. The Kier molecular flexibility index (Phi) is 5.05. The highest BCUT2D eigenvalue weighted by molar-refractivity contribution is 5.98. The monoisotopic (exact) mass is 405 g/mol. The first-order chi connectivity index (χ1) is 14.5. The van der Waals surface area contributed by atoms with Gasteiger partial charge in [0, 0.05) is 23.5 Å². The molecular formula is C22H19N3O5. The fourth-order valence-corrected chi connectivity index (χ4v) is 3.60. The lowest BCUT2D eigenvalue weighted by Gasteiger charge is -2.22. The van der Waals surface area contributed by atoms with Gasteiger partial charge < -0.3 is 20.6 Å². The van der Waals surface area contributed by atoms with Crippen LogP contribution in [0.25, 0.3) is 0 Å². The molecule has 152 valence electrons. The Morgan fingerprint density at radius 3 is 2.20 bits per heavy atom. The average molecular weight is 405 g/mol. The van der Waals surface area contributed by atoms with Crippen molar-refractivity contribution in [2.75, 3.05) is 17.2 Å². The van der Waals surface area contributed by atoms with Gasteiger partial charge in [0.15, 0.2) is 0 Å². The highest BCUT2D eigenvalue weighted by Crippen LogP contribution is 2.26. The van der Waals surface area contributed by atoms with E-state index in [1.165, 1.54) is 4.90 Å². The molecule has 0 bridgehead atoms. The van der Waals surface area contributed by atoms with E-state index in [0.717, 1.165) is 0 Å². The molecule has 1 heterocycles. The second kappa shape index (κ2) is 7.82. The Balaban J connectivity index is 1.55. The van der Waals surface area contributed by atoms with Gasteiger partial charge in [0.1, 0.15) is 17.4 Å². The van der Waals surface area contributed by atoms with Crippen molar-refractivity contribution < 1.29 is 14.7 Å². The molecule has 0 unspecified atom stereocenters. The fraction of sp³-hybridized carbons (Fsp3) is 0.182. The number of amides is 1. The van der Waals surface area contributed by atoms with Crippen LogP contribution >= 0.6 is 0 Å². The van der Waals surface area contributed by atoms with Crippen molar-refractivity contribution in [2.45, 2.75) is 18.9 Å². The number of hydrogen-bond donors (Lipinski definition) is 3. The summed E-state index contributed by atoms with van der Waals surface area (Å²) < 4.78 is 0. The quantitative estimate of drug-likeness (QED) is 0.540. The van der Waals surface area contributed by atoms with Gasteiger partial charge in [-0.15, -0.1) is 0 Å². The predicted molar refractivity (Wildman–Crippen MR) is 112 cm³/mol. The Morgan fingerprint density at radius 1 is 0.900 bits per heavy atom. The van der Waals surface area contributed by atoms with E-state index in [-0.39, 0.29) is 17.3 Å². The van der Waals surface area contributed by atoms with E-state index in [0.29, 0.717) is 36.3 Å². The third-order valence-corrected chi connectivity index (χ3v) is 5.13. The number of carboxylic acid groups (broad SMARTS) is 1. The zero-order chi connectivity index (χ0) is 21.3. The summed E-state index contributed by atoms with van der Waals surface area (Å²) in [6.45, 7) is 0.386. The number of rotatable bonds is 6. The average Bonchev–Trinajstić information content (AvgIpc) is 3.26. The van der Waals surface area contributed by atoms with Gasteiger partial charge in [-0.25, -0.2) is 4.79 Å². The summed E-state index contributed by atoms with van der Waals surface area (Å²) in [6.07, 6.45) is 1.07. The summed E-state index contributed by atoms with van der Waals surface area (Å²) in [6, 6.07) is 14.6. The van der Waals surface area contributed by atoms with Crippen molar-refractivity contribution in [1.82, 2.24) is 4.90 Å². The van der Waals surface area contributed by atoms with Crippen molar-refractivity contribution in [3.05, 3.63) is 80.6 Å². The summed E-state index contributed by atoms with van der Waals surface area (Å²) in [5.74, 6) is -1.40. The molecule has 1 amide bonds. The van der Waals surface area contributed by atoms with E-state index in [4.69, 9.17) is 0 Å². The normalized spacial score (nSPS) is 15.9. The molecule has 0 aliphatic carbocycles. The smallest absolute Gasteiger partial charge is 0.326 e. The number of nitrogens with one attached hydrogen (secondary N) is 2. The number of likely N-dealkylation sites (tertiary alicyclic amines) is 1. The number of anilines is 4. The van der Waals surface area contributed by atoms with E-state index in [9.17, 15) is 24.3 Å². The van der Waals surface area contributed by atoms with E-state index < -0.39 is 22.9 Å². The molecule has 8 heteroatoms. The first kappa shape index (κ1) is 19.4. The molecule has 3 aromatic rings. The number of benzene rings is 2. The highest BCUT2D eigenvalue weighted by atomic mass is 16.4. The van der Waals surface area contributed by atoms with Gasteiger partial charge in [-0.1, -0.05) is 24.3 Å². The lowest BCUT2D eigenvalue weighted by molar-refractivity contribution is -0.141. The van der Waals surface area contributed by atoms with Crippen molar-refractivity contribution in [1.29, 1.82) is 0 Å². The number of nitrogens with zero attached hydrogens (tertiary/aromatic N) is 1. The second-order valence-corrected chi connectivity index (χ2v) is 7.10. The van der Waals surface area contributed by atoms with Crippen LogP contribution in [-0.4, -0.2) is 34.5 Å². The molecule has 1 aliphatic rings. The number of carbonyl (C=O) groups is 2. The maximum atomic E-state index is 12.8. The number of carbonyl (C=O) groups excluding carboxylic acids is 1. The summed E-state index contributed by atoms with van der Waals surface area (Å²) in [7, 11) is 0. The van der Waals surface area contributed by atoms with Crippen LogP contribution in [0.1, 0.15) is 23.2 Å². The Labute approximate surface area is 171 Å². The molecule has 1 fully saturated rings. The third kappa shape index (κ3) is 3.55. The van der Waals surface area contributed by atoms with Crippen LogP contribution in [0.4, 0.5) is 22.7 Å². The second-order valence-electron chi connectivity index (χ2n) is 7.10. The van der Waals surface area contributed by atoms with E-state index in [1.54, 1.807) is 48.5 Å². The van der Waals surface area contributed by atoms with E-state index >= 15 is 0 Å². The van der Waals surface area contributed by atoms with Gasteiger partial charge in [-0.2, -0.15) is 0 Å². The summed E-state index contributed by atoms with van der Waals surface area (Å²) in [4.78, 5) is 49.6. The lowest BCUT2D eigenvalue weighted by Crippen LogP contribution is -2.40. The SMILES string of the molecule is O=C(O)[C@@H]1CCCN1C(=O)c1cccc(Nc2c(Nc3ccccc3)c(=O)c2=O)c1. The van der Waals surface area contributed by atoms with Crippen LogP contribution in [0, 0.1) is 0 Å². The topological polar surface area (TPSA) is 116 Å². The van der Waals surface area contributed by atoms with Gasteiger partial charge >= 0.3 is 5.97 Å². The molecule has 1 atom stereocenters. The van der Waals surface area contributed by atoms with Crippen molar-refractivity contribution in [2.24, 2.45) is 0 Å². The number of aliphatic carboxylic acids is 1. The molecule has 3 N–H and O–H groups in total. The molecule has 0 saturated carbocycles. The Hall–Kier alpha value is -3.94. The van der Waals surface area contributed by atoms with Crippen molar-refractivity contribution in [3.8, 4) is 0 Å². The van der Waals surface area contributed by atoms with Crippen LogP contribution in [0.3, 0.4) is 0 Å². The van der Waals surface area contributed by atoms with Gasteiger partial charge in [0.05, 0.1) is 0 Å². The van der Waals surface area contributed by atoms with Gasteiger partial charge in [-0.3, -0.25) is 14.4 Å². The molecule has 8 nitrogen and oxygen atoms in total.